The molecule has 4 nitrogen and oxygen atoms in total. The molecule has 19 heavy (non-hydrogen) atoms. The van der Waals surface area contributed by atoms with E-state index in [9.17, 15) is 0 Å². The second-order valence-electron chi connectivity index (χ2n) is 5.23. The van der Waals surface area contributed by atoms with Crippen molar-refractivity contribution in [3.63, 3.8) is 0 Å². The minimum absolute atomic E-state index is 0.945. The summed E-state index contributed by atoms with van der Waals surface area (Å²) in [5.41, 5.74) is 2.65. The van der Waals surface area contributed by atoms with Gasteiger partial charge in [0.05, 0.1) is 7.11 Å². The van der Waals surface area contributed by atoms with Gasteiger partial charge in [-0.3, -0.25) is 0 Å². The summed E-state index contributed by atoms with van der Waals surface area (Å²) in [7, 11) is 5.91. The normalized spacial score (nSPS) is 16.4. The lowest BCUT2D eigenvalue weighted by Crippen LogP contribution is -2.44. The molecular formula is C15H25N3O. The number of hydrogen-bond donors (Lipinski definition) is 1. The predicted octanol–water partition coefficient (Wildman–Crippen LogP) is 1.21. The van der Waals surface area contributed by atoms with Crippen molar-refractivity contribution >= 4 is 5.69 Å². The van der Waals surface area contributed by atoms with Crippen LogP contribution in [0.2, 0.25) is 0 Å². The third-order valence-electron chi connectivity index (χ3n) is 3.68. The van der Waals surface area contributed by atoms with Gasteiger partial charge in [0.1, 0.15) is 5.75 Å². The van der Waals surface area contributed by atoms with Gasteiger partial charge in [-0.05, 0) is 30.2 Å². The number of nitrogens with one attached hydrogen (secondary N) is 1. The van der Waals surface area contributed by atoms with Crippen LogP contribution in [-0.2, 0) is 6.42 Å². The van der Waals surface area contributed by atoms with Crippen LogP contribution in [0.15, 0.2) is 18.2 Å². The van der Waals surface area contributed by atoms with Gasteiger partial charge in [-0.25, -0.2) is 0 Å². The molecule has 0 aromatic heterocycles. The Bertz CT molecular complexity index is 400. The second-order valence-corrected chi connectivity index (χ2v) is 5.23. The summed E-state index contributed by atoms with van der Waals surface area (Å²) < 4.78 is 5.34. The van der Waals surface area contributed by atoms with E-state index in [0.29, 0.717) is 0 Å². The summed E-state index contributed by atoms with van der Waals surface area (Å²) in [6, 6.07) is 6.34. The molecule has 106 valence electrons. The Morgan fingerprint density at radius 2 is 2.00 bits per heavy atom. The van der Waals surface area contributed by atoms with Gasteiger partial charge in [0, 0.05) is 52.5 Å². The molecule has 1 heterocycles. The van der Waals surface area contributed by atoms with Crippen molar-refractivity contribution in [3.8, 4) is 5.75 Å². The highest BCUT2D eigenvalue weighted by atomic mass is 16.5. The lowest BCUT2D eigenvalue weighted by molar-refractivity contribution is 0.244. The number of methoxy groups -OCH3 is 1. The topological polar surface area (TPSA) is 27.7 Å². The Labute approximate surface area is 116 Å². The van der Waals surface area contributed by atoms with E-state index >= 15 is 0 Å². The average Bonchev–Trinajstić information content (AvgIpc) is 2.45. The van der Waals surface area contributed by atoms with Crippen molar-refractivity contribution in [2.45, 2.75) is 6.42 Å². The summed E-state index contributed by atoms with van der Waals surface area (Å²) in [6.07, 6.45) is 1.07. The number of ether oxygens (including phenoxy) is 1. The number of nitrogens with zero attached hydrogens (tertiary/aromatic N) is 2. The Morgan fingerprint density at radius 3 is 2.63 bits per heavy atom. The van der Waals surface area contributed by atoms with Crippen LogP contribution in [0.5, 0.6) is 5.75 Å². The minimum Gasteiger partial charge on any atom is -0.497 e. The maximum absolute atomic E-state index is 5.34. The van der Waals surface area contributed by atoms with E-state index in [2.05, 4.69) is 41.3 Å². The molecule has 1 aromatic carbocycles. The summed E-state index contributed by atoms with van der Waals surface area (Å²) in [6.45, 7) is 5.65. The van der Waals surface area contributed by atoms with Crippen molar-refractivity contribution in [3.05, 3.63) is 23.8 Å². The van der Waals surface area contributed by atoms with Gasteiger partial charge in [-0.2, -0.15) is 0 Å². The van der Waals surface area contributed by atoms with E-state index in [4.69, 9.17) is 4.74 Å². The highest BCUT2D eigenvalue weighted by Gasteiger charge is 2.12. The fourth-order valence-corrected chi connectivity index (χ4v) is 2.54. The molecule has 0 radical (unpaired) electrons. The van der Waals surface area contributed by atoms with E-state index in [1.165, 1.54) is 11.3 Å². The number of piperazine rings is 1. The fraction of sp³-hybridized carbons (Fsp3) is 0.600. The van der Waals surface area contributed by atoms with E-state index in [-0.39, 0.29) is 0 Å². The molecule has 1 aliphatic rings. The summed E-state index contributed by atoms with van der Waals surface area (Å²) in [5.74, 6) is 0.945. The fourth-order valence-electron chi connectivity index (χ4n) is 2.54. The third-order valence-corrected chi connectivity index (χ3v) is 3.68. The monoisotopic (exact) mass is 263 g/mol. The molecule has 1 N–H and O–H groups in total. The van der Waals surface area contributed by atoms with Gasteiger partial charge in [0.25, 0.3) is 0 Å². The van der Waals surface area contributed by atoms with E-state index < -0.39 is 0 Å². The van der Waals surface area contributed by atoms with E-state index in [1.807, 2.05) is 6.07 Å². The first-order valence-electron chi connectivity index (χ1n) is 6.98. The van der Waals surface area contributed by atoms with Crippen LogP contribution in [-0.4, -0.2) is 58.8 Å². The summed E-state index contributed by atoms with van der Waals surface area (Å²) >= 11 is 0. The maximum Gasteiger partial charge on any atom is 0.119 e. The third kappa shape index (κ3) is 3.85. The SMILES string of the molecule is COc1ccc(N(C)C)c(CCN2CCNCC2)c1. The Kier molecular flexibility index (Phi) is 5.05. The Morgan fingerprint density at radius 1 is 1.26 bits per heavy atom. The molecule has 1 saturated heterocycles. The smallest absolute Gasteiger partial charge is 0.119 e. The molecular weight excluding hydrogens is 238 g/mol. The van der Waals surface area contributed by atoms with Crippen molar-refractivity contribution < 1.29 is 4.74 Å². The zero-order valence-electron chi connectivity index (χ0n) is 12.3. The molecule has 0 spiro atoms. The molecule has 0 unspecified atom stereocenters. The Balaban J connectivity index is 2.03. The first kappa shape index (κ1) is 14.2. The van der Waals surface area contributed by atoms with Crippen LogP contribution in [0.1, 0.15) is 5.56 Å². The molecule has 0 amide bonds. The molecule has 0 aliphatic carbocycles. The lowest BCUT2D eigenvalue weighted by atomic mass is 10.1. The van der Waals surface area contributed by atoms with Gasteiger partial charge < -0.3 is 19.9 Å². The maximum atomic E-state index is 5.34. The van der Waals surface area contributed by atoms with Gasteiger partial charge in [-0.15, -0.1) is 0 Å². The van der Waals surface area contributed by atoms with Gasteiger partial charge in [-0.1, -0.05) is 0 Å². The summed E-state index contributed by atoms with van der Waals surface area (Å²) in [5, 5.41) is 3.39. The standard InChI is InChI=1S/C15H25N3O/c1-17(2)15-5-4-14(19-3)12-13(15)6-9-18-10-7-16-8-11-18/h4-5,12,16H,6-11H2,1-3H3. The quantitative estimate of drug-likeness (QED) is 0.864. The molecule has 4 heteroatoms. The van der Waals surface area contributed by atoms with E-state index in [1.54, 1.807) is 7.11 Å². The minimum atomic E-state index is 0.945. The molecule has 0 atom stereocenters. The van der Waals surface area contributed by atoms with Crippen LogP contribution in [0.3, 0.4) is 0 Å². The van der Waals surface area contributed by atoms with Gasteiger partial charge >= 0.3 is 0 Å². The van der Waals surface area contributed by atoms with Crippen LogP contribution >= 0.6 is 0 Å². The van der Waals surface area contributed by atoms with Crippen molar-refractivity contribution in [1.82, 2.24) is 10.2 Å². The van der Waals surface area contributed by atoms with Gasteiger partial charge in [0.2, 0.25) is 0 Å². The second kappa shape index (κ2) is 6.78. The summed E-state index contributed by atoms with van der Waals surface area (Å²) in [4.78, 5) is 4.70. The van der Waals surface area contributed by atoms with Crippen LogP contribution in [0.25, 0.3) is 0 Å². The number of benzene rings is 1. The molecule has 0 bridgehead atoms. The molecule has 1 aliphatic heterocycles. The molecule has 2 rings (SSSR count). The van der Waals surface area contributed by atoms with Crippen LogP contribution < -0.4 is 15.0 Å². The van der Waals surface area contributed by atoms with Crippen LogP contribution in [0.4, 0.5) is 5.69 Å². The zero-order valence-corrected chi connectivity index (χ0v) is 12.3. The van der Waals surface area contributed by atoms with Gasteiger partial charge in [0.15, 0.2) is 0 Å². The first-order chi connectivity index (χ1) is 9.20. The molecule has 0 saturated carbocycles. The highest BCUT2D eigenvalue weighted by molar-refractivity contribution is 5.55. The lowest BCUT2D eigenvalue weighted by Gasteiger charge is -2.28. The predicted molar refractivity (Wildman–Crippen MR) is 80.3 cm³/mol. The first-order valence-corrected chi connectivity index (χ1v) is 6.98. The number of anilines is 1. The van der Waals surface area contributed by atoms with Crippen molar-refractivity contribution in [2.24, 2.45) is 0 Å². The zero-order chi connectivity index (χ0) is 13.7. The average molecular weight is 263 g/mol. The largest absolute Gasteiger partial charge is 0.497 e. The van der Waals surface area contributed by atoms with Crippen molar-refractivity contribution in [1.29, 1.82) is 0 Å². The Hall–Kier alpha value is -1.26. The number of hydrogen-bond acceptors (Lipinski definition) is 4. The molecule has 1 aromatic rings. The van der Waals surface area contributed by atoms with Crippen molar-refractivity contribution in [2.75, 3.05) is 58.8 Å². The number of rotatable bonds is 5. The molecule has 1 fully saturated rings. The highest BCUT2D eigenvalue weighted by Crippen LogP contribution is 2.24. The van der Waals surface area contributed by atoms with Crippen LogP contribution in [0, 0.1) is 0 Å². The van der Waals surface area contributed by atoms with E-state index in [0.717, 1.165) is 44.9 Å².